The number of fused-ring (bicyclic) bond motifs is 1. The molecule has 0 saturated carbocycles. The molecule has 5 nitrogen and oxygen atoms in total. The van der Waals surface area contributed by atoms with Crippen LogP contribution < -0.4 is 10.2 Å². The Hall–Kier alpha value is -2.37. The quantitative estimate of drug-likeness (QED) is 0.730. The highest BCUT2D eigenvalue weighted by molar-refractivity contribution is 5.89. The van der Waals surface area contributed by atoms with Gasteiger partial charge >= 0.3 is 0 Å². The number of para-hydroxylation sites is 1. The third kappa shape index (κ3) is 3.84. The van der Waals surface area contributed by atoms with Crippen LogP contribution in [0.4, 0.5) is 5.69 Å². The molecule has 0 aliphatic carbocycles. The van der Waals surface area contributed by atoms with Crippen molar-refractivity contribution < 1.29 is 0 Å². The molecule has 142 valence electrons. The number of likely N-dealkylation sites (N-methyl/N-ethyl adjacent to an activating group) is 1. The van der Waals surface area contributed by atoms with Crippen molar-refractivity contribution in [3.05, 3.63) is 59.9 Å². The molecular formula is C22H29N5. The zero-order chi connectivity index (χ0) is 18.6. The van der Waals surface area contributed by atoms with Gasteiger partial charge in [-0.2, -0.15) is 0 Å². The Labute approximate surface area is 161 Å². The van der Waals surface area contributed by atoms with Gasteiger partial charge in [0.2, 0.25) is 0 Å². The van der Waals surface area contributed by atoms with Crippen molar-refractivity contribution in [1.29, 1.82) is 0 Å². The van der Waals surface area contributed by atoms with Crippen LogP contribution in [0.15, 0.2) is 48.5 Å². The van der Waals surface area contributed by atoms with E-state index in [-0.39, 0.29) is 0 Å². The Morgan fingerprint density at radius 2 is 1.70 bits per heavy atom. The number of hydrogen-bond acceptors (Lipinski definition) is 4. The fraction of sp³-hybridized carbons (Fsp3) is 0.409. The zero-order valence-electron chi connectivity index (χ0n) is 16.4. The van der Waals surface area contributed by atoms with Gasteiger partial charge in [0.25, 0.3) is 0 Å². The standard InChI is InChI=1S/C22H29N5/c1-3-27-21(17-23-16-18-8-5-4-6-9-18)24-19-10-7-11-20(22(19)27)26-14-12-25(2)13-15-26/h4-11,23H,3,12-17H2,1-2H3. The number of aryl methyl sites for hydroxylation is 1. The first-order chi connectivity index (χ1) is 13.3. The van der Waals surface area contributed by atoms with E-state index in [4.69, 9.17) is 4.98 Å². The van der Waals surface area contributed by atoms with Crippen molar-refractivity contribution in [2.24, 2.45) is 0 Å². The number of nitrogens with one attached hydrogen (secondary N) is 1. The molecule has 4 rings (SSSR count). The summed E-state index contributed by atoms with van der Waals surface area (Å²) in [6.07, 6.45) is 0. The molecule has 0 bridgehead atoms. The van der Waals surface area contributed by atoms with Crippen LogP contribution >= 0.6 is 0 Å². The summed E-state index contributed by atoms with van der Waals surface area (Å²) in [5.41, 5.74) is 5.00. The lowest BCUT2D eigenvalue weighted by atomic mass is 10.2. The first-order valence-corrected chi connectivity index (χ1v) is 9.92. The number of hydrogen-bond donors (Lipinski definition) is 1. The molecule has 1 N–H and O–H groups in total. The number of aromatic nitrogens is 2. The van der Waals surface area contributed by atoms with Crippen LogP contribution in [0.2, 0.25) is 0 Å². The predicted octanol–water partition coefficient (Wildman–Crippen LogP) is 3.10. The Balaban J connectivity index is 1.58. The van der Waals surface area contributed by atoms with Crippen LogP contribution in [0.1, 0.15) is 18.3 Å². The van der Waals surface area contributed by atoms with Crippen molar-refractivity contribution in [2.75, 3.05) is 38.1 Å². The molecule has 1 fully saturated rings. The third-order valence-electron chi connectivity index (χ3n) is 5.44. The highest BCUT2D eigenvalue weighted by Crippen LogP contribution is 2.28. The fourth-order valence-electron chi connectivity index (χ4n) is 3.91. The number of imidazole rings is 1. The maximum atomic E-state index is 4.95. The van der Waals surface area contributed by atoms with E-state index in [9.17, 15) is 0 Å². The van der Waals surface area contributed by atoms with E-state index in [1.165, 1.54) is 16.8 Å². The summed E-state index contributed by atoms with van der Waals surface area (Å²) in [7, 11) is 2.20. The summed E-state index contributed by atoms with van der Waals surface area (Å²) >= 11 is 0. The second-order valence-corrected chi connectivity index (χ2v) is 7.30. The third-order valence-corrected chi connectivity index (χ3v) is 5.44. The van der Waals surface area contributed by atoms with Crippen LogP contribution in [0.5, 0.6) is 0 Å². The zero-order valence-corrected chi connectivity index (χ0v) is 16.4. The van der Waals surface area contributed by atoms with E-state index in [2.05, 4.69) is 82.2 Å². The lowest BCUT2D eigenvalue weighted by molar-refractivity contribution is 0.313. The summed E-state index contributed by atoms with van der Waals surface area (Å²) < 4.78 is 2.38. The summed E-state index contributed by atoms with van der Waals surface area (Å²) in [5, 5.41) is 3.55. The van der Waals surface area contributed by atoms with Gasteiger partial charge in [-0.05, 0) is 31.7 Å². The second-order valence-electron chi connectivity index (χ2n) is 7.30. The average Bonchev–Trinajstić information content (AvgIpc) is 3.07. The smallest absolute Gasteiger partial charge is 0.123 e. The highest BCUT2D eigenvalue weighted by atomic mass is 15.3. The highest BCUT2D eigenvalue weighted by Gasteiger charge is 2.20. The molecule has 3 aromatic rings. The van der Waals surface area contributed by atoms with Crippen molar-refractivity contribution in [2.45, 2.75) is 26.6 Å². The number of piperazine rings is 1. The number of nitrogens with zero attached hydrogens (tertiary/aromatic N) is 4. The minimum absolute atomic E-state index is 0.777. The Morgan fingerprint density at radius 1 is 0.926 bits per heavy atom. The van der Waals surface area contributed by atoms with E-state index >= 15 is 0 Å². The van der Waals surface area contributed by atoms with E-state index in [1.54, 1.807) is 0 Å². The van der Waals surface area contributed by atoms with E-state index in [0.717, 1.165) is 57.2 Å². The van der Waals surface area contributed by atoms with Crippen LogP contribution in [0, 0.1) is 0 Å². The molecule has 1 aromatic heterocycles. The van der Waals surface area contributed by atoms with Crippen molar-refractivity contribution in [3.63, 3.8) is 0 Å². The topological polar surface area (TPSA) is 36.3 Å². The van der Waals surface area contributed by atoms with Gasteiger partial charge in [0.15, 0.2) is 0 Å². The van der Waals surface area contributed by atoms with E-state index in [0.29, 0.717) is 0 Å². The number of anilines is 1. The lowest BCUT2D eigenvalue weighted by Gasteiger charge is -2.34. The summed E-state index contributed by atoms with van der Waals surface area (Å²) in [4.78, 5) is 9.86. The normalized spacial score (nSPS) is 15.6. The predicted molar refractivity (Wildman–Crippen MR) is 112 cm³/mol. The van der Waals surface area contributed by atoms with E-state index < -0.39 is 0 Å². The van der Waals surface area contributed by atoms with Crippen molar-refractivity contribution in [1.82, 2.24) is 19.8 Å². The molecule has 1 saturated heterocycles. The number of benzene rings is 2. The average molecular weight is 364 g/mol. The molecule has 1 aliphatic rings. The van der Waals surface area contributed by atoms with Gasteiger partial charge < -0.3 is 19.7 Å². The summed E-state index contributed by atoms with van der Waals surface area (Å²) in [5.74, 6) is 1.12. The van der Waals surface area contributed by atoms with Gasteiger partial charge in [0.05, 0.1) is 23.3 Å². The van der Waals surface area contributed by atoms with Crippen molar-refractivity contribution >= 4 is 16.7 Å². The van der Waals surface area contributed by atoms with Gasteiger partial charge in [-0.25, -0.2) is 4.98 Å². The molecule has 1 aliphatic heterocycles. The first kappa shape index (κ1) is 18.0. The molecule has 0 amide bonds. The van der Waals surface area contributed by atoms with Gasteiger partial charge in [-0.1, -0.05) is 36.4 Å². The summed E-state index contributed by atoms with van der Waals surface area (Å²) in [6.45, 7) is 9.16. The van der Waals surface area contributed by atoms with Crippen LogP contribution in [0.25, 0.3) is 11.0 Å². The van der Waals surface area contributed by atoms with Gasteiger partial charge in [0, 0.05) is 39.3 Å². The molecule has 2 aromatic carbocycles. The molecule has 0 spiro atoms. The Kier molecular flexibility index (Phi) is 5.41. The molecule has 5 heteroatoms. The fourth-order valence-corrected chi connectivity index (χ4v) is 3.91. The van der Waals surface area contributed by atoms with E-state index in [1.807, 2.05) is 0 Å². The maximum absolute atomic E-state index is 4.95. The summed E-state index contributed by atoms with van der Waals surface area (Å²) in [6, 6.07) is 17.1. The monoisotopic (exact) mass is 363 g/mol. The molecule has 27 heavy (non-hydrogen) atoms. The first-order valence-electron chi connectivity index (χ1n) is 9.92. The minimum atomic E-state index is 0.777. The van der Waals surface area contributed by atoms with Gasteiger partial charge in [0.1, 0.15) is 5.82 Å². The minimum Gasteiger partial charge on any atom is -0.367 e. The maximum Gasteiger partial charge on any atom is 0.123 e. The Bertz CT molecular complexity index is 878. The molecule has 2 heterocycles. The molecular weight excluding hydrogens is 334 g/mol. The van der Waals surface area contributed by atoms with Gasteiger partial charge in [-0.3, -0.25) is 0 Å². The second kappa shape index (κ2) is 8.11. The van der Waals surface area contributed by atoms with Crippen molar-refractivity contribution in [3.8, 4) is 0 Å². The molecule has 0 unspecified atom stereocenters. The Morgan fingerprint density at radius 3 is 2.44 bits per heavy atom. The van der Waals surface area contributed by atoms with Gasteiger partial charge in [-0.15, -0.1) is 0 Å². The molecule has 0 radical (unpaired) electrons. The van der Waals surface area contributed by atoms with Crippen LogP contribution in [-0.4, -0.2) is 47.7 Å². The molecule has 0 atom stereocenters. The largest absolute Gasteiger partial charge is 0.367 e. The lowest BCUT2D eigenvalue weighted by Crippen LogP contribution is -2.44. The van der Waals surface area contributed by atoms with Crippen LogP contribution in [-0.2, 0) is 19.6 Å². The number of rotatable bonds is 6. The SMILES string of the molecule is CCn1c(CNCc2ccccc2)nc2cccc(N3CCN(C)CC3)c21. The van der Waals surface area contributed by atoms with Crippen LogP contribution in [0.3, 0.4) is 0 Å².